The minimum atomic E-state index is -1.57. The third-order valence-corrected chi connectivity index (χ3v) is 5.92. The van der Waals surface area contributed by atoms with E-state index in [0.717, 1.165) is 0 Å². The van der Waals surface area contributed by atoms with Gasteiger partial charge in [0.25, 0.3) is 0 Å². The molecule has 0 saturated heterocycles. The highest BCUT2D eigenvalue weighted by molar-refractivity contribution is 6.32. The quantitative estimate of drug-likeness (QED) is 0.0496. The Hall–Kier alpha value is -2.56. The molecule has 19 heteroatoms. The van der Waals surface area contributed by atoms with E-state index < -0.39 is 35.8 Å². The molecule has 0 radical (unpaired) electrons. The average molecular weight is 774 g/mol. The Balaban J connectivity index is 3.15. The summed E-state index contributed by atoms with van der Waals surface area (Å²) < 4.78 is 69.5. The van der Waals surface area contributed by atoms with Gasteiger partial charge in [-0.2, -0.15) is 0 Å². The Labute approximate surface area is 312 Å². The highest BCUT2D eigenvalue weighted by Crippen LogP contribution is 2.06. The molecule has 0 rings (SSSR count). The zero-order chi connectivity index (χ0) is 39.1. The van der Waals surface area contributed by atoms with E-state index >= 15 is 0 Å². The van der Waals surface area contributed by atoms with Crippen LogP contribution in [0.1, 0.15) is 33.6 Å². The van der Waals surface area contributed by atoms with Crippen LogP contribution in [0.5, 0.6) is 0 Å². The van der Waals surface area contributed by atoms with Crippen molar-refractivity contribution in [1.82, 2.24) is 5.32 Å². The fraction of sp³-hybridized carbons (Fsp3) is 0.882. The van der Waals surface area contributed by atoms with Gasteiger partial charge in [-0.1, -0.05) is 0 Å². The van der Waals surface area contributed by atoms with Gasteiger partial charge in [-0.05, 0) is 20.8 Å². The van der Waals surface area contributed by atoms with Crippen molar-refractivity contribution in [2.75, 3.05) is 159 Å². The Kier molecular flexibility index (Phi) is 35.9. The molecule has 1 amide bonds. The molecule has 0 aliphatic carbocycles. The fourth-order valence-electron chi connectivity index (χ4n) is 3.45. The maximum atomic E-state index is 11.5. The lowest BCUT2D eigenvalue weighted by Gasteiger charge is -2.19. The average Bonchev–Trinajstić information content (AvgIpc) is 3.11. The summed E-state index contributed by atoms with van der Waals surface area (Å²) in [5, 5.41) is 11.1. The van der Waals surface area contributed by atoms with Gasteiger partial charge < -0.3 is 72.0 Å². The number of hydrogen-bond acceptors (Lipinski definition) is 17. The maximum Gasteiger partial charge on any atom is 0.407 e. The molecule has 0 saturated carbocycles. The monoisotopic (exact) mass is 773 g/mol. The molecule has 0 bridgehead atoms. The van der Waals surface area contributed by atoms with Crippen molar-refractivity contribution in [3.63, 3.8) is 0 Å². The van der Waals surface area contributed by atoms with Crippen LogP contribution in [0.25, 0.3) is 0 Å². The maximum absolute atomic E-state index is 11.5. The molecule has 312 valence electrons. The minimum absolute atomic E-state index is 0.00812. The number of carbonyl (C=O) groups is 4. The number of nitrogens with one attached hydrogen (secondary N) is 1. The van der Waals surface area contributed by atoms with Gasteiger partial charge in [0.2, 0.25) is 5.78 Å². The minimum Gasteiger partial charge on any atom is -0.476 e. The lowest BCUT2D eigenvalue weighted by molar-refractivity contribution is -0.151. The molecule has 0 fully saturated rings. The van der Waals surface area contributed by atoms with Gasteiger partial charge in [0.1, 0.15) is 12.2 Å². The van der Waals surface area contributed by atoms with E-state index in [1.54, 1.807) is 20.8 Å². The van der Waals surface area contributed by atoms with E-state index in [1.165, 1.54) is 0 Å². The number of carboxylic acid groups (broad SMARTS) is 1. The normalized spacial score (nSPS) is 11.5. The molecule has 0 aromatic carbocycles. The molecule has 0 aromatic rings. The summed E-state index contributed by atoms with van der Waals surface area (Å²) in [6, 6.07) is 0. The Morgan fingerprint density at radius 3 is 1.00 bits per heavy atom. The van der Waals surface area contributed by atoms with Gasteiger partial charge in [-0.15, -0.1) is 0 Å². The number of alkyl carbamates (subject to hydrolysis) is 1. The standard InChI is InChI=1S/C34H63NO18/c1-34(2,3)53-33(40)35-6-7-41-8-9-42-10-11-43-12-13-44-14-15-45-16-17-46-18-19-47-20-21-48-22-23-49-24-25-50-26-27-51-28-29-52-31(37)5-4-30(36)32(38)39/h4-29H2,1-3H3,(H,35,40)(H,38,39). The number of amides is 1. The van der Waals surface area contributed by atoms with Crippen LogP contribution >= 0.6 is 0 Å². The molecule has 53 heavy (non-hydrogen) atoms. The largest absolute Gasteiger partial charge is 0.476 e. The van der Waals surface area contributed by atoms with Gasteiger partial charge in [0.15, 0.2) is 0 Å². The van der Waals surface area contributed by atoms with Crippen molar-refractivity contribution in [1.29, 1.82) is 0 Å². The Morgan fingerprint density at radius 1 is 0.434 bits per heavy atom. The van der Waals surface area contributed by atoms with Gasteiger partial charge in [-0.25, -0.2) is 9.59 Å². The Bertz CT molecular complexity index is 888. The third kappa shape index (κ3) is 42.0. The van der Waals surface area contributed by atoms with Gasteiger partial charge in [0, 0.05) is 13.0 Å². The van der Waals surface area contributed by atoms with Crippen molar-refractivity contribution < 1.29 is 85.9 Å². The molecular formula is C34H63NO18. The number of carboxylic acids is 1. The van der Waals surface area contributed by atoms with E-state index in [9.17, 15) is 19.2 Å². The summed E-state index contributed by atoms with van der Waals surface area (Å²) in [5.41, 5.74) is -0.522. The van der Waals surface area contributed by atoms with Crippen molar-refractivity contribution in [2.45, 2.75) is 39.2 Å². The first-order chi connectivity index (χ1) is 25.6. The summed E-state index contributed by atoms with van der Waals surface area (Å²) in [4.78, 5) is 44.2. The van der Waals surface area contributed by atoms with Crippen molar-refractivity contribution >= 4 is 23.8 Å². The van der Waals surface area contributed by atoms with Gasteiger partial charge >= 0.3 is 18.0 Å². The first-order valence-electron chi connectivity index (χ1n) is 17.9. The summed E-state index contributed by atoms with van der Waals surface area (Å²) >= 11 is 0. The summed E-state index contributed by atoms with van der Waals surface area (Å²) in [5.74, 6) is -3.25. The number of Topliss-reactive ketones (excluding diaryl/α,β-unsaturated/α-hetero) is 1. The number of rotatable bonds is 40. The third-order valence-electron chi connectivity index (χ3n) is 5.92. The molecule has 0 aliphatic heterocycles. The molecule has 0 aromatic heterocycles. The van der Waals surface area contributed by atoms with Crippen LogP contribution in [0.4, 0.5) is 4.79 Å². The topological polar surface area (TPSA) is 221 Å². The van der Waals surface area contributed by atoms with Crippen LogP contribution in [0.2, 0.25) is 0 Å². The first-order valence-corrected chi connectivity index (χ1v) is 17.9. The van der Waals surface area contributed by atoms with Crippen LogP contribution in [0.15, 0.2) is 0 Å². The lowest BCUT2D eigenvalue weighted by atomic mass is 10.2. The van der Waals surface area contributed by atoms with E-state index in [4.69, 9.17) is 66.7 Å². The zero-order valence-electron chi connectivity index (χ0n) is 31.8. The number of esters is 1. The number of carbonyl (C=O) groups excluding carboxylic acids is 3. The number of aliphatic carboxylic acids is 1. The fourth-order valence-corrected chi connectivity index (χ4v) is 3.45. The van der Waals surface area contributed by atoms with Crippen molar-refractivity contribution in [3.05, 3.63) is 0 Å². The van der Waals surface area contributed by atoms with Crippen LogP contribution in [-0.2, 0) is 76.0 Å². The SMILES string of the molecule is CC(C)(C)OC(=O)NCCOCCOCCOCCOCCOCCOCCOCCOCCOCCOCCOCCOC(=O)CCC(=O)C(=O)O. The number of hydrogen-bond donors (Lipinski definition) is 2. The smallest absolute Gasteiger partial charge is 0.407 e. The van der Waals surface area contributed by atoms with E-state index in [-0.39, 0.29) is 19.6 Å². The zero-order valence-corrected chi connectivity index (χ0v) is 31.8. The predicted octanol–water partition coefficient (Wildman–Crippen LogP) is 0.671. The summed E-state index contributed by atoms with van der Waals surface area (Å²) in [6.45, 7) is 15.1. The van der Waals surface area contributed by atoms with Crippen LogP contribution in [-0.4, -0.2) is 193 Å². The first kappa shape index (κ1) is 50.4. The predicted molar refractivity (Wildman–Crippen MR) is 186 cm³/mol. The number of ether oxygens (including phenoxy) is 13. The second kappa shape index (κ2) is 37.7. The lowest BCUT2D eigenvalue weighted by Crippen LogP contribution is -2.34. The highest BCUT2D eigenvalue weighted by Gasteiger charge is 2.15. The molecule has 19 nitrogen and oxygen atoms in total. The number of ketones is 1. The van der Waals surface area contributed by atoms with E-state index in [1.807, 2.05) is 0 Å². The molecule has 0 atom stereocenters. The second-order valence-corrected chi connectivity index (χ2v) is 11.6. The molecule has 0 aliphatic rings. The molecule has 2 N–H and O–H groups in total. The molecular weight excluding hydrogens is 710 g/mol. The van der Waals surface area contributed by atoms with Crippen LogP contribution < -0.4 is 5.32 Å². The van der Waals surface area contributed by atoms with Crippen LogP contribution in [0, 0.1) is 0 Å². The van der Waals surface area contributed by atoms with Crippen LogP contribution in [0.3, 0.4) is 0 Å². The summed E-state index contributed by atoms with van der Waals surface area (Å²) in [6.07, 6.45) is -1.13. The van der Waals surface area contributed by atoms with Crippen molar-refractivity contribution in [3.8, 4) is 0 Å². The Morgan fingerprint density at radius 2 is 0.717 bits per heavy atom. The highest BCUT2D eigenvalue weighted by atomic mass is 16.6. The molecule has 0 heterocycles. The van der Waals surface area contributed by atoms with E-state index in [0.29, 0.717) is 145 Å². The second-order valence-electron chi connectivity index (χ2n) is 11.6. The van der Waals surface area contributed by atoms with E-state index in [2.05, 4.69) is 5.32 Å². The van der Waals surface area contributed by atoms with Gasteiger partial charge in [0.05, 0.1) is 152 Å². The summed E-state index contributed by atoms with van der Waals surface area (Å²) in [7, 11) is 0. The molecule has 0 unspecified atom stereocenters. The van der Waals surface area contributed by atoms with Crippen molar-refractivity contribution in [2.24, 2.45) is 0 Å². The van der Waals surface area contributed by atoms with Gasteiger partial charge in [-0.3, -0.25) is 9.59 Å². The molecule has 0 spiro atoms.